The summed E-state index contributed by atoms with van der Waals surface area (Å²) in [4.78, 5) is 31.6. The topological polar surface area (TPSA) is 85.0 Å². The summed E-state index contributed by atoms with van der Waals surface area (Å²) in [5.74, 6) is 1.88. The first-order chi connectivity index (χ1) is 19.0. The van der Waals surface area contributed by atoms with Crippen molar-refractivity contribution in [2.75, 3.05) is 36.0 Å². The van der Waals surface area contributed by atoms with E-state index in [0.29, 0.717) is 6.42 Å². The molecular weight excluding hydrogens is 488 g/mol. The molecule has 1 aliphatic heterocycles. The molecule has 1 aliphatic rings. The minimum Gasteiger partial charge on any atom is -0.368 e. The Labute approximate surface area is 227 Å². The van der Waals surface area contributed by atoms with Crippen molar-refractivity contribution in [1.29, 1.82) is 0 Å². The van der Waals surface area contributed by atoms with Crippen LogP contribution in [0.25, 0.3) is 22.6 Å². The minimum atomic E-state index is 0.187. The van der Waals surface area contributed by atoms with E-state index in [1.807, 2.05) is 62.2 Å². The zero-order valence-corrected chi connectivity index (χ0v) is 22.6. The maximum absolute atomic E-state index is 12.8. The molecule has 0 radical (unpaired) electrons. The number of piperazine rings is 1. The molecule has 2 aromatic carbocycles. The molecular formula is C30H32N8O. The number of nitrogens with zero attached hydrogens (tertiary/aromatic N) is 8. The predicted octanol–water partition coefficient (Wildman–Crippen LogP) is 4.21. The summed E-state index contributed by atoms with van der Waals surface area (Å²) in [5, 5.41) is 4.29. The van der Waals surface area contributed by atoms with Crippen LogP contribution in [0.1, 0.15) is 27.9 Å². The van der Waals surface area contributed by atoms with Gasteiger partial charge in [0.05, 0.1) is 11.8 Å². The largest absolute Gasteiger partial charge is 0.368 e. The van der Waals surface area contributed by atoms with Crippen LogP contribution >= 0.6 is 0 Å². The molecule has 39 heavy (non-hydrogen) atoms. The molecule has 0 aliphatic carbocycles. The number of anilines is 2. The molecule has 0 amide bonds. The molecule has 1 fully saturated rings. The lowest BCUT2D eigenvalue weighted by Gasteiger charge is -2.37. The number of para-hydroxylation sites is 1. The summed E-state index contributed by atoms with van der Waals surface area (Å²) in [6.07, 6.45) is 6.62. The average molecular weight is 521 g/mol. The van der Waals surface area contributed by atoms with Gasteiger partial charge in [-0.1, -0.05) is 42.0 Å². The molecule has 0 spiro atoms. The number of benzene rings is 2. The Morgan fingerprint density at radius 3 is 2.51 bits per heavy atom. The van der Waals surface area contributed by atoms with Gasteiger partial charge in [-0.2, -0.15) is 5.10 Å². The normalized spacial score (nSPS) is 13.8. The number of fused-ring (bicyclic) bond motifs is 1. The number of carbonyl (C=O) groups excluding carboxylic acids is 1. The van der Waals surface area contributed by atoms with Gasteiger partial charge in [0.2, 0.25) is 0 Å². The summed E-state index contributed by atoms with van der Waals surface area (Å²) >= 11 is 0. The van der Waals surface area contributed by atoms with Crippen LogP contribution in [0.3, 0.4) is 0 Å². The number of hydrogen-bond donors (Lipinski definition) is 0. The smallest absolute Gasteiger partial charge is 0.165 e. The Bertz CT molecular complexity index is 1640. The van der Waals surface area contributed by atoms with E-state index in [-0.39, 0.29) is 5.78 Å². The van der Waals surface area contributed by atoms with Crippen LogP contribution in [0.4, 0.5) is 11.5 Å². The molecule has 0 unspecified atom stereocenters. The van der Waals surface area contributed by atoms with Gasteiger partial charge in [0.15, 0.2) is 22.8 Å². The van der Waals surface area contributed by atoms with E-state index >= 15 is 0 Å². The van der Waals surface area contributed by atoms with Crippen LogP contribution in [0.2, 0.25) is 0 Å². The van der Waals surface area contributed by atoms with Crippen molar-refractivity contribution in [3.63, 3.8) is 0 Å². The molecule has 198 valence electrons. The molecule has 0 bridgehead atoms. The van der Waals surface area contributed by atoms with Crippen LogP contribution in [0, 0.1) is 6.92 Å². The van der Waals surface area contributed by atoms with E-state index in [2.05, 4.69) is 49.1 Å². The molecule has 0 atom stereocenters. The second kappa shape index (κ2) is 10.3. The van der Waals surface area contributed by atoms with E-state index in [1.54, 1.807) is 11.0 Å². The van der Waals surface area contributed by atoms with Gasteiger partial charge in [0.25, 0.3) is 0 Å². The molecule has 3 aromatic heterocycles. The van der Waals surface area contributed by atoms with Crippen LogP contribution in [-0.2, 0) is 20.5 Å². The Morgan fingerprint density at radius 1 is 0.949 bits per heavy atom. The van der Waals surface area contributed by atoms with Crippen molar-refractivity contribution >= 4 is 28.5 Å². The summed E-state index contributed by atoms with van der Waals surface area (Å²) in [7, 11) is 3.88. The Balaban J connectivity index is 1.17. The summed E-state index contributed by atoms with van der Waals surface area (Å²) in [5.41, 5.74) is 6.89. The van der Waals surface area contributed by atoms with Crippen LogP contribution in [-0.4, -0.2) is 61.3 Å². The third-order valence-corrected chi connectivity index (χ3v) is 7.47. The number of aryl methyl sites for hydroxylation is 4. The molecule has 5 aromatic rings. The molecule has 9 nitrogen and oxygen atoms in total. The number of aromatic nitrogens is 6. The number of rotatable bonds is 7. The van der Waals surface area contributed by atoms with Gasteiger partial charge in [-0.15, -0.1) is 0 Å². The van der Waals surface area contributed by atoms with Crippen molar-refractivity contribution in [3.05, 3.63) is 83.9 Å². The predicted molar refractivity (Wildman–Crippen MR) is 153 cm³/mol. The number of carbonyl (C=O) groups is 1. The van der Waals surface area contributed by atoms with Crippen molar-refractivity contribution < 1.29 is 4.79 Å². The zero-order chi connectivity index (χ0) is 26.9. The Kier molecular flexibility index (Phi) is 6.56. The molecule has 0 N–H and O–H groups in total. The van der Waals surface area contributed by atoms with Crippen molar-refractivity contribution in [2.24, 2.45) is 14.1 Å². The van der Waals surface area contributed by atoms with Crippen molar-refractivity contribution in [2.45, 2.75) is 19.8 Å². The SMILES string of the molecule is Cc1cccc(C(=O)CCc2ccccc2N2CCN(c3ncnc4c3nc(-c3cnn(C)c3)n4C)CC2)c1. The highest BCUT2D eigenvalue weighted by molar-refractivity contribution is 5.96. The standard InChI is InChI=1S/C30H32N8O/c1-21-7-6-9-23(17-21)26(39)12-11-22-8-4-5-10-25(22)37-13-15-38(16-14-37)30-27-29(31-20-32-30)36(3)28(34-27)24-18-33-35(2)19-24/h4-10,17-20H,11-16H2,1-3H3. The fourth-order valence-corrected chi connectivity index (χ4v) is 5.41. The molecule has 1 saturated heterocycles. The number of ketones is 1. The second-order valence-electron chi connectivity index (χ2n) is 10.2. The van der Waals surface area contributed by atoms with Crippen molar-refractivity contribution in [1.82, 2.24) is 29.3 Å². The Hall–Kier alpha value is -4.53. The third-order valence-electron chi connectivity index (χ3n) is 7.47. The van der Waals surface area contributed by atoms with Gasteiger partial charge in [-0.05, 0) is 31.0 Å². The summed E-state index contributed by atoms with van der Waals surface area (Å²) in [6, 6.07) is 16.3. The third kappa shape index (κ3) is 4.87. The first kappa shape index (κ1) is 24.8. The fraction of sp³-hybridized carbons (Fsp3) is 0.300. The first-order valence-corrected chi connectivity index (χ1v) is 13.3. The monoisotopic (exact) mass is 520 g/mol. The highest BCUT2D eigenvalue weighted by Gasteiger charge is 2.24. The lowest BCUT2D eigenvalue weighted by molar-refractivity contribution is 0.0983. The van der Waals surface area contributed by atoms with Gasteiger partial charge in [-0.3, -0.25) is 9.48 Å². The minimum absolute atomic E-state index is 0.187. The average Bonchev–Trinajstić information content (AvgIpc) is 3.54. The van der Waals surface area contributed by atoms with Gasteiger partial charge < -0.3 is 14.4 Å². The van der Waals surface area contributed by atoms with Gasteiger partial charge in [0, 0.05) is 64.1 Å². The maximum Gasteiger partial charge on any atom is 0.165 e. The second-order valence-corrected chi connectivity index (χ2v) is 10.2. The van der Waals surface area contributed by atoms with Gasteiger partial charge in [-0.25, -0.2) is 15.0 Å². The molecule has 4 heterocycles. The molecule has 9 heteroatoms. The summed E-state index contributed by atoms with van der Waals surface area (Å²) < 4.78 is 3.78. The maximum atomic E-state index is 12.8. The quantitative estimate of drug-likeness (QED) is 0.297. The number of Topliss-reactive ketones (excluding diaryl/α,β-unsaturated/α-hetero) is 1. The van der Waals surface area contributed by atoms with Crippen LogP contribution < -0.4 is 9.80 Å². The fourth-order valence-electron chi connectivity index (χ4n) is 5.41. The van der Waals surface area contributed by atoms with E-state index in [9.17, 15) is 4.79 Å². The Morgan fingerprint density at radius 2 is 1.74 bits per heavy atom. The van der Waals surface area contributed by atoms with Crippen LogP contribution in [0.15, 0.2) is 67.3 Å². The zero-order valence-electron chi connectivity index (χ0n) is 22.6. The summed E-state index contributed by atoms with van der Waals surface area (Å²) in [6.45, 7) is 5.38. The highest BCUT2D eigenvalue weighted by atomic mass is 16.1. The first-order valence-electron chi connectivity index (χ1n) is 13.3. The van der Waals surface area contributed by atoms with E-state index in [4.69, 9.17) is 4.98 Å². The number of imidazole rings is 1. The van der Waals surface area contributed by atoms with E-state index in [0.717, 1.165) is 72.1 Å². The molecule has 0 saturated carbocycles. The lowest BCUT2D eigenvalue weighted by atomic mass is 10.00. The highest BCUT2D eigenvalue weighted by Crippen LogP contribution is 2.29. The van der Waals surface area contributed by atoms with E-state index < -0.39 is 0 Å². The van der Waals surface area contributed by atoms with Gasteiger partial charge in [0.1, 0.15) is 12.2 Å². The van der Waals surface area contributed by atoms with E-state index in [1.165, 1.54) is 11.3 Å². The lowest BCUT2D eigenvalue weighted by Crippen LogP contribution is -2.47. The van der Waals surface area contributed by atoms with Crippen molar-refractivity contribution in [3.8, 4) is 11.4 Å². The molecule has 6 rings (SSSR count). The van der Waals surface area contributed by atoms with Gasteiger partial charge >= 0.3 is 0 Å². The van der Waals surface area contributed by atoms with Crippen LogP contribution in [0.5, 0.6) is 0 Å². The number of hydrogen-bond acceptors (Lipinski definition) is 7.